The molecular weight excluding hydrogens is 518 g/mol. The first-order chi connectivity index (χ1) is 18.7. The Balaban J connectivity index is 1.53. The summed E-state index contributed by atoms with van der Waals surface area (Å²) < 4.78 is 39.9. The molecule has 0 radical (unpaired) electrons. The molecule has 3 N–H and O–H groups in total. The van der Waals surface area contributed by atoms with Gasteiger partial charge in [-0.3, -0.25) is 14.3 Å². The maximum absolute atomic E-state index is 13.4. The number of sulfonamides is 1. The number of cyclic esters (lactones) is 2. The van der Waals surface area contributed by atoms with Crippen molar-refractivity contribution in [3.05, 3.63) is 84.1 Å². The first-order valence-electron chi connectivity index (χ1n) is 13.0. The van der Waals surface area contributed by atoms with Gasteiger partial charge in [0.1, 0.15) is 0 Å². The molecule has 1 aliphatic rings. The monoisotopic (exact) mass is 551 g/mol. The summed E-state index contributed by atoms with van der Waals surface area (Å²) in [7, 11) is -3.98. The van der Waals surface area contributed by atoms with E-state index in [0.717, 1.165) is 5.56 Å². The van der Waals surface area contributed by atoms with Gasteiger partial charge in [0.05, 0.1) is 11.9 Å². The summed E-state index contributed by atoms with van der Waals surface area (Å²) in [4.78, 5) is 30.6. The quantitative estimate of drug-likeness (QED) is 0.256. The second kappa shape index (κ2) is 11.9. The fourth-order valence-electron chi connectivity index (χ4n) is 4.88. The van der Waals surface area contributed by atoms with E-state index in [0.29, 0.717) is 43.4 Å². The third kappa shape index (κ3) is 6.57. The third-order valence-corrected chi connectivity index (χ3v) is 8.09. The van der Waals surface area contributed by atoms with E-state index in [1.165, 1.54) is 18.3 Å². The largest absolute Gasteiger partial charge is 0.422 e. The number of nitrogen functional groups attached to an aromatic ring is 1. The van der Waals surface area contributed by atoms with Crippen LogP contribution in [-0.2, 0) is 35.5 Å². The fourth-order valence-corrected chi connectivity index (χ4v) is 5.86. The highest BCUT2D eigenvalue weighted by Crippen LogP contribution is 2.39. The molecule has 2 heterocycles. The highest BCUT2D eigenvalue weighted by atomic mass is 32.2. The highest BCUT2D eigenvalue weighted by Gasteiger charge is 2.50. The minimum atomic E-state index is -3.98. The number of nitrogens with two attached hydrogens (primary N) is 1. The number of esters is 2. The summed E-state index contributed by atoms with van der Waals surface area (Å²) >= 11 is 0. The Hall–Kier alpha value is -3.92. The van der Waals surface area contributed by atoms with Gasteiger partial charge in [-0.25, -0.2) is 4.98 Å². The van der Waals surface area contributed by atoms with E-state index in [9.17, 15) is 18.0 Å². The smallest absolute Gasteiger partial charge is 0.324 e. The van der Waals surface area contributed by atoms with E-state index in [2.05, 4.69) is 9.71 Å². The average molecular weight is 552 g/mol. The summed E-state index contributed by atoms with van der Waals surface area (Å²) in [6.07, 6.45) is 3.71. The van der Waals surface area contributed by atoms with Gasteiger partial charge in [0.15, 0.2) is 10.9 Å². The lowest BCUT2D eigenvalue weighted by Gasteiger charge is -2.40. The molecular formula is C29H33N3O6S. The molecule has 1 saturated heterocycles. The standard InChI is InChI=1S/C29H33N3O6S/c1-3-16-29(17-15-20-9-6-5-7-10-20)37-27(33)26(28(34)38-29)24(4-2)21-11-8-12-23(18-21)32-39(35,36)25-14-13-22(30)19-31-25/h5-14,18-19,24,26,32H,3-4,15-17,30H2,1-2H3. The second-order valence-corrected chi connectivity index (χ2v) is 11.3. The Morgan fingerprint density at radius 2 is 1.69 bits per heavy atom. The molecule has 1 aliphatic heterocycles. The number of rotatable bonds is 11. The summed E-state index contributed by atoms with van der Waals surface area (Å²) in [6, 6.07) is 19.1. The van der Waals surface area contributed by atoms with Crippen molar-refractivity contribution in [2.75, 3.05) is 10.5 Å². The Morgan fingerprint density at radius 1 is 0.974 bits per heavy atom. The first-order valence-corrected chi connectivity index (χ1v) is 14.5. The van der Waals surface area contributed by atoms with Gasteiger partial charge in [-0.15, -0.1) is 0 Å². The van der Waals surface area contributed by atoms with Crippen LogP contribution in [0.1, 0.15) is 56.6 Å². The van der Waals surface area contributed by atoms with Crippen molar-refractivity contribution < 1.29 is 27.5 Å². The summed E-state index contributed by atoms with van der Waals surface area (Å²) in [5, 5.41) is -0.184. The minimum Gasteiger partial charge on any atom is -0.422 e. The molecule has 1 aromatic heterocycles. The van der Waals surface area contributed by atoms with Crippen LogP contribution in [0.2, 0.25) is 0 Å². The molecule has 1 fully saturated rings. The fraction of sp³-hybridized carbons (Fsp3) is 0.345. The van der Waals surface area contributed by atoms with E-state index in [1.54, 1.807) is 24.3 Å². The molecule has 9 nitrogen and oxygen atoms in total. The van der Waals surface area contributed by atoms with E-state index in [4.69, 9.17) is 15.2 Å². The average Bonchev–Trinajstić information content (AvgIpc) is 2.90. The number of aryl methyl sites for hydroxylation is 1. The van der Waals surface area contributed by atoms with Crippen LogP contribution in [0, 0.1) is 5.92 Å². The predicted octanol–water partition coefficient (Wildman–Crippen LogP) is 4.80. The van der Waals surface area contributed by atoms with Gasteiger partial charge in [-0.2, -0.15) is 8.42 Å². The van der Waals surface area contributed by atoms with E-state index in [-0.39, 0.29) is 10.7 Å². The lowest BCUT2D eigenvalue weighted by Crippen LogP contribution is -2.51. The SMILES string of the molecule is CCCC1(CCc2ccccc2)OC(=O)C(C(CC)c2cccc(NS(=O)(=O)c3ccc(N)cn3)c2)C(=O)O1. The van der Waals surface area contributed by atoms with E-state index in [1.807, 2.05) is 44.2 Å². The Morgan fingerprint density at radius 3 is 2.31 bits per heavy atom. The second-order valence-electron chi connectivity index (χ2n) is 9.64. The number of hydrogen-bond acceptors (Lipinski definition) is 8. The van der Waals surface area contributed by atoms with Crippen LogP contribution in [0.5, 0.6) is 0 Å². The molecule has 1 unspecified atom stereocenters. The van der Waals surface area contributed by atoms with Crippen LogP contribution in [-0.4, -0.2) is 31.1 Å². The zero-order chi connectivity index (χ0) is 28.0. The Bertz CT molecular complexity index is 1390. The van der Waals surface area contributed by atoms with Crippen LogP contribution < -0.4 is 10.5 Å². The van der Waals surface area contributed by atoms with Crippen LogP contribution in [0.3, 0.4) is 0 Å². The van der Waals surface area contributed by atoms with Gasteiger partial charge < -0.3 is 15.2 Å². The van der Waals surface area contributed by atoms with Crippen LogP contribution >= 0.6 is 0 Å². The molecule has 3 aromatic rings. The number of carbonyl (C=O) groups is 2. The van der Waals surface area contributed by atoms with Gasteiger partial charge in [-0.1, -0.05) is 56.3 Å². The molecule has 206 valence electrons. The number of nitrogens with zero attached hydrogens (tertiary/aromatic N) is 1. The van der Waals surface area contributed by atoms with Crippen molar-refractivity contribution in [3.63, 3.8) is 0 Å². The van der Waals surface area contributed by atoms with Gasteiger partial charge >= 0.3 is 11.9 Å². The highest BCUT2D eigenvalue weighted by molar-refractivity contribution is 7.92. The molecule has 0 spiro atoms. The first kappa shape index (κ1) is 28.1. The normalized spacial score (nSPS) is 20.1. The maximum Gasteiger partial charge on any atom is 0.324 e. The van der Waals surface area contributed by atoms with Crippen molar-refractivity contribution in [3.8, 4) is 0 Å². The predicted molar refractivity (Wildman–Crippen MR) is 147 cm³/mol. The summed E-state index contributed by atoms with van der Waals surface area (Å²) in [5.74, 6) is -4.30. The Kier molecular flexibility index (Phi) is 8.54. The zero-order valence-electron chi connectivity index (χ0n) is 22.0. The molecule has 10 heteroatoms. The molecule has 0 amide bonds. The maximum atomic E-state index is 13.4. The van der Waals surface area contributed by atoms with Gasteiger partial charge in [0, 0.05) is 24.4 Å². The number of aromatic nitrogens is 1. The topological polar surface area (TPSA) is 138 Å². The van der Waals surface area contributed by atoms with Gasteiger partial charge in [0.2, 0.25) is 0 Å². The van der Waals surface area contributed by atoms with Crippen LogP contribution in [0.4, 0.5) is 11.4 Å². The van der Waals surface area contributed by atoms with Crippen molar-refractivity contribution >= 4 is 33.3 Å². The molecule has 1 atom stereocenters. The van der Waals surface area contributed by atoms with Gasteiger partial charge in [-0.05, 0) is 54.7 Å². The van der Waals surface area contributed by atoms with Crippen molar-refractivity contribution in [1.29, 1.82) is 0 Å². The van der Waals surface area contributed by atoms with Crippen LogP contribution in [0.25, 0.3) is 0 Å². The number of benzene rings is 2. The van der Waals surface area contributed by atoms with Gasteiger partial charge in [0.25, 0.3) is 15.8 Å². The molecule has 4 rings (SSSR count). The Labute approximate surface area is 228 Å². The number of nitrogens with one attached hydrogen (secondary N) is 1. The van der Waals surface area contributed by atoms with Crippen molar-refractivity contribution in [2.24, 2.45) is 5.92 Å². The molecule has 0 aliphatic carbocycles. The molecule has 39 heavy (non-hydrogen) atoms. The van der Waals surface area contributed by atoms with Crippen molar-refractivity contribution in [2.45, 2.75) is 62.7 Å². The van der Waals surface area contributed by atoms with Crippen LogP contribution in [0.15, 0.2) is 78.0 Å². The lowest BCUT2D eigenvalue weighted by atomic mass is 9.83. The van der Waals surface area contributed by atoms with E-state index < -0.39 is 39.6 Å². The number of ether oxygens (including phenoxy) is 2. The number of anilines is 2. The van der Waals surface area contributed by atoms with E-state index >= 15 is 0 Å². The summed E-state index contributed by atoms with van der Waals surface area (Å²) in [5.41, 5.74) is 7.88. The van der Waals surface area contributed by atoms with Crippen molar-refractivity contribution in [1.82, 2.24) is 4.98 Å². The lowest BCUT2D eigenvalue weighted by molar-refractivity contribution is -0.257. The third-order valence-electron chi connectivity index (χ3n) is 6.79. The minimum absolute atomic E-state index is 0.184. The molecule has 0 bridgehead atoms. The molecule has 2 aromatic carbocycles. The number of hydrogen-bond donors (Lipinski definition) is 2. The number of pyridine rings is 1. The number of carbonyl (C=O) groups excluding carboxylic acids is 2. The zero-order valence-corrected chi connectivity index (χ0v) is 22.8. The summed E-state index contributed by atoms with van der Waals surface area (Å²) in [6.45, 7) is 3.79. The molecule has 0 saturated carbocycles.